The highest BCUT2D eigenvalue weighted by atomic mass is 16.5. The van der Waals surface area contributed by atoms with Gasteiger partial charge in [-0.15, -0.1) is 6.42 Å². The Hall–Kier alpha value is -1.50. The van der Waals surface area contributed by atoms with E-state index in [9.17, 15) is 0 Å². The third-order valence-electron chi connectivity index (χ3n) is 3.53. The molecule has 20 heavy (non-hydrogen) atoms. The van der Waals surface area contributed by atoms with Crippen molar-refractivity contribution in [2.75, 3.05) is 19.8 Å². The molecular weight excluding hydrogens is 250 g/mol. The van der Waals surface area contributed by atoms with Gasteiger partial charge < -0.3 is 14.8 Å². The molecule has 3 nitrogen and oxygen atoms in total. The van der Waals surface area contributed by atoms with Crippen molar-refractivity contribution in [1.82, 2.24) is 5.32 Å². The molecule has 3 heteroatoms. The summed E-state index contributed by atoms with van der Waals surface area (Å²) in [4.78, 5) is 0. The molecule has 1 aliphatic carbocycles. The van der Waals surface area contributed by atoms with Crippen molar-refractivity contribution in [3.63, 3.8) is 0 Å². The van der Waals surface area contributed by atoms with Crippen LogP contribution >= 0.6 is 0 Å². The van der Waals surface area contributed by atoms with E-state index >= 15 is 0 Å². The third kappa shape index (κ3) is 4.88. The Morgan fingerprint density at radius 3 is 2.85 bits per heavy atom. The number of nitrogens with one attached hydrogen (secondary N) is 1. The fourth-order valence-electron chi connectivity index (χ4n) is 2.49. The molecule has 0 saturated heterocycles. The summed E-state index contributed by atoms with van der Waals surface area (Å²) in [6, 6.07) is 7.97. The van der Waals surface area contributed by atoms with Crippen LogP contribution in [-0.2, 0) is 11.3 Å². The van der Waals surface area contributed by atoms with Crippen LogP contribution in [0.3, 0.4) is 0 Å². The van der Waals surface area contributed by atoms with Crippen LogP contribution in [0.2, 0.25) is 0 Å². The van der Waals surface area contributed by atoms with Crippen molar-refractivity contribution in [1.29, 1.82) is 0 Å². The molecule has 0 amide bonds. The van der Waals surface area contributed by atoms with Crippen LogP contribution in [-0.4, -0.2) is 25.9 Å². The van der Waals surface area contributed by atoms with Gasteiger partial charge in [-0.3, -0.25) is 0 Å². The molecule has 1 aliphatic rings. The van der Waals surface area contributed by atoms with Crippen LogP contribution in [0.1, 0.15) is 31.2 Å². The Morgan fingerprint density at radius 1 is 1.25 bits per heavy atom. The van der Waals surface area contributed by atoms with Gasteiger partial charge in [0.25, 0.3) is 0 Å². The number of para-hydroxylation sites is 1. The number of ether oxygens (including phenoxy) is 2. The topological polar surface area (TPSA) is 30.5 Å². The SMILES string of the molecule is C#CCOc1ccccc1CNCCOC1CCCC1. The van der Waals surface area contributed by atoms with E-state index in [1.165, 1.54) is 25.7 Å². The molecule has 108 valence electrons. The monoisotopic (exact) mass is 273 g/mol. The summed E-state index contributed by atoms with van der Waals surface area (Å²) in [5.41, 5.74) is 1.13. The lowest BCUT2D eigenvalue weighted by atomic mass is 10.2. The summed E-state index contributed by atoms with van der Waals surface area (Å²) in [7, 11) is 0. The van der Waals surface area contributed by atoms with Gasteiger partial charge in [0.05, 0.1) is 12.7 Å². The van der Waals surface area contributed by atoms with Gasteiger partial charge in [0.1, 0.15) is 12.4 Å². The number of hydrogen-bond acceptors (Lipinski definition) is 3. The Labute approximate surface area is 121 Å². The zero-order chi connectivity index (χ0) is 14.0. The Bertz CT molecular complexity index is 433. The average molecular weight is 273 g/mol. The standard InChI is InChI=1S/C17H23NO2/c1-2-12-20-17-10-6-3-7-15(17)14-18-11-13-19-16-8-4-5-9-16/h1,3,6-7,10,16,18H,4-5,8-9,11-14H2. The highest BCUT2D eigenvalue weighted by Gasteiger charge is 2.14. The largest absolute Gasteiger partial charge is 0.481 e. The zero-order valence-corrected chi connectivity index (χ0v) is 11.9. The van der Waals surface area contributed by atoms with Crippen molar-refractivity contribution in [3.8, 4) is 18.1 Å². The molecule has 0 radical (unpaired) electrons. The predicted molar refractivity (Wildman–Crippen MR) is 80.7 cm³/mol. The van der Waals surface area contributed by atoms with Crippen molar-refractivity contribution >= 4 is 0 Å². The van der Waals surface area contributed by atoms with Crippen LogP contribution in [0.4, 0.5) is 0 Å². The lowest BCUT2D eigenvalue weighted by Crippen LogP contribution is -2.22. The third-order valence-corrected chi connectivity index (χ3v) is 3.53. The summed E-state index contributed by atoms with van der Waals surface area (Å²) < 4.78 is 11.3. The maximum absolute atomic E-state index is 5.82. The van der Waals surface area contributed by atoms with E-state index in [1.807, 2.05) is 18.2 Å². The van der Waals surface area contributed by atoms with E-state index in [0.29, 0.717) is 12.7 Å². The number of rotatable bonds is 8. The van der Waals surface area contributed by atoms with Crippen molar-refractivity contribution in [2.24, 2.45) is 0 Å². The average Bonchev–Trinajstić information content (AvgIpc) is 2.99. The van der Waals surface area contributed by atoms with Crippen LogP contribution in [0.15, 0.2) is 24.3 Å². The smallest absolute Gasteiger partial charge is 0.148 e. The molecule has 0 aliphatic heterocycles. The molecule has 0 heterocycles. The van der Waals surface area contributed by atoms with Gasteiger partial charge in [-0.1, -0.05) is 37.0 Å². The Kier molecular flexibility index (Phi) is 6.43. The molecule has 0 unspecified atom stereocenters. The fourth-order valence-corrected chi connectivity index (χ4v) is 2.49. The normalized spacial score (nSPS) is 15.2. The molecule has 1 saturated carbocycles. The van der Waals surface area contributed by atoms with E-state index < -0.39 is 0 Å². The first kappa shape index (κ1) is 14.9. The molecule has 1 N–H and O–H groups in total. The minimum absolute atomic E-state index is 0.307. The van der Waals surface area contributed by atoms with E-state index in [0.717, 1.165) is 31.0 Å². The van der Waals surface area contributed by atoms with Crippen molar-refractivity contribution < 1.29 is 9.47 Å². The molecule has 0 spiro atoms. The van der Waals surface area contributed by atoms with Gasteiger partial charge in [0.2, 0.25) is 0 Å². The van der Waals surface area contributed by atoms with E-state index in [1.54, 1.807) is 0 Å². The highest BCUT2D eigenvalue weighted by Crippen LogP contribution is 2.20. The summed E-state index contributed by atoms with van der Waals surface area (Å²) in [6.07, 6.45) is 10.8. The highest BCUT2D eigenvalue weighted by molar-refractivity contribution is 5.33. The summed E-state index contributed by atoms with van der Waals surface area (Å²) in [5, 5.41) is 3.39. The first-order chi connectivity index (χ1) is 9.90. The molecule has 1 aromatic rings. The van der Waals surface area contributed by atoms with Gasteiger partial charge in [-0.25, -0.2) is 0 Å². The summed E-state index contributed by atoms with van der Waals surface area (Å²) in [6.45, 7) is 2.72. The van der Waals surface area contributed by atoms with Crippen molar-refractivity contribution in [2.45, 2.75) is 38.3 Å². The minimum Gasteiger partial charge on any atom is -0.481 e. The molecule has 2 rings (SSSR count). The van der Waals surface area contributed by atoms with Gasteiger partial charge in [0.15, 0.2) is 0 Å². The van der Waals surface area contributed by atoms with Crippen LogP contribution in [0.5, 0.6) is 5.75 Å². The second-order valence-electron chi connectivity index (χ2n) is 5.05. The Morgan fingerprint density at radius 2 is 2.05 bits per heavy atom. The molecule has 1 aromatic carbocycles. The van der Waals surface area contributed by atoms with E-state index in [2.05, 4.69) is 17.3 Å². The molecule has 0 bridgehead atoms. The quantitative estimate of drug-likeness (QED) is 0.583. The first-order valence-corrected chi connectivity index (χ1v) is 7.36. The number of benzene rings is 1. The van der Waals surface area contributed by atoms with E-state index in [4.69, 9.17) is 15.9 Å². The second-order valence-corrected chi connectivity index (χ2v) is 5.05. The fraction of sp³-hybridized carbons (Fsp3) is 0.529. The van der Waals surface area contributed by atoms with Gasteiger partial charge in [0, 0.05) is 18.7 Å². The van der Waals surface area contributed by atoms with Gasteiger partial charge >= 0.3 is 0 Å². The van der Waals surface area contributed by atoms with Crippen LogP contribution < -0.4 is 10.1 Å². The van der Waals surface area contributed by atoms with Crippen molar-refractivity contribution in [3.05, 3.63) is 29.8 Å². The molecule has 0 aromatic heterocycles. The lowest BCUT2D eigenvalue weighted by Gasteiger charge is -2.13. The van der Waals surface area contributed by atoms with E-state index in [-0.39, 0.29) is 0 Å². The Balaban J connectivity index is 1.66. The van der Waals surface area contributed by atoms with Gasteiger partial charge in [-0.2, -0.15) is 0 Å². The first-order valence-electron chi connectivity index (χ1n) is 7.36. The second kappa shape index (κ2) is 8.63. The number of terminal acetylenes is 1. The lowest BCUT2D eigenvalue weighted by molar-refractivity contribution is 0.0602. The predicted octanol–water partition coefficient (Wildman–Crippen LogP) is 2.75. The minimum atomic E-state index is 0.307. The summed E-state index contributed by atoms with van der Waals surface area (Å²) in [5.74, 6) is 3.34. The van der Waals surface area contributed by atoms with Gasteiger partial charge in [-0.05, 0) is 18.9 Å². The van der Waals surface area contributed by atoms with Crippen LogP contribution in [0, 0.1) is 12.3 Å². The zero-order valence-electron chi connectivity index (χ0n) is 11.9. The maximum Gasteiger partial charge on any atom is 0.148 e. The maximum atomic E-state index is 5.82. The molecular formula is C17H23NO2. The number of hydrogen-bond donors (Lipinski definition) is 1. The van der Waals surface area contributed by atoms with Crippen LogP contribution in [0.25, 0.3) is 0 Å². The molecule has 0 atom stereocenters. The summed E-state index contributed by atoms with van der Waals surface area (Å²) >= 11 is 0. The molecule has 1 fully saturated rings.